The molecule has 0 bridgehead atoms. The number of furan rings is 1. The maximum absolute atomic E-state index is 12.1. The molecule has 0 saturated carbocycles. The van der Waals surface area contributed by atoms with E-state index in [0.717, 1.165) is 0 Å². The summed E-state index contributed by atoms with van der Waals surface area (Å²) in [6.45, 7) is 2.89. The summed E-state index contributed by atoms with van der Waals surface area (Å²) in [5.41, 5.74) is 0.782. The van der Waals surface area contributed by atoms with Gasteiger partial charge in [0.2, 0.25) is 10.0 Å². The maximum atomic E-state index is 12.1. The largest absolute Gasteiger partial charge is 0.472 e. The molecule has 7 nitrogen and oxygen atoms in total. The normalized spacial score (nSPS) is 13.6. The monoisotopic (exact) mass is 286 g/mol. The van der Waals surface area contributed by atoms with Crippen molar-refractivity contribution in [2.75, 3.05) is 6.54 Å². The van der Waals surface area contributed by atoms with Gasteiger partial charge in [-0.3, -0.25) is 0 Å². The van der Waals surface area contributed by atoms with E-state index in [0.29, 0.717) is 5.56 Å². The minimum absolute atomic E-state index is 0.00638. The molecule has 0 aromatic carbocycles. The first kappa shape index (κ1) is 13.8. The smallest absolute Gasteiger partial charge is 0.246 e. The number of aryl methyl sites for hydroxylation is 2. The number of hydrogen-bond acceptors (Lipinski definition) is 6. The fourth-order valence-corrected chi connectivity index (χ4v) is 3.07. The first-order valence-electron chi connectivity index (χ1n) is 5.54. The molecule has 104 valence electrons. The number of rotatable bonds is 5. The fourth-order valence-electron chi connectivity index (χ4n) is 1.70. The van der Waals surface area contributed by atoms with Crippen LogP contribution >= 0.6 is 0 Å². The third-order valence-corrected chi connectivity index (χ3v) is 4.30. The highest BCUT2D eigenvalue weighted by molar-refractivity contribution is 7.89. The van der Waals surface area contributed by atoms with E-state index in [1.807, 2.05) is 0 Å². The summed E-state index contributed by atoms with van der Waals surface area (Å²) in [5.74, 6) is 0.211. The van der Waals surface area contributed by atoms with Crippen LogP contribution in [0.25, 0.3) is 0 Å². The topological polar surface area (TPSA) is 106 Å². The van der Waals surface area contributed by atoms with Crippen molar-refractivity contribution in [3.8, 4) is 0 Å². The molecule has 0 spiro atoms. The Morgan fingerprint density at radius 1 is 1.47 bits per heavy atom. The van der Waals surface area contributed by atoms with Crippen molar-refractivity contribution in [1.29, 1.82) is 0 Å². The summed E-state index contributed by atoms with van der Waals surface area (Å²) in [7, 11) is -3.76. The Balaban J connectivity index is 2.11. The maximum Gasteiger partial charge on any atom is 0.246 e. The molecule has 0 fully saturated rings. The number of nitrogens with one attached hydrogen (secondary N) is 1. The van der Waals surface area contributed by atoms with Gasteiger partial charge >= 0.3 is 0 Å². The Labute approximate surface area is 110 Å². The zero-order valence-corrected chi connectivity index (χ0v) is 11.3. The van der Waals surface area contributed by atoms with Gasteiger partial charge in [-0.05, 0) is 19.9 Å². The minimum Gasteiger partial charge on any atom is -0.472 e. The van der Waals surface area contributed by atoms with Gasteiger partial charge in [-0.2, -0.15) is 0 Å². The molecule has 19 heavy (non-hydrogen) atoms. The van der Waals surface area contributed by atoms with E-state index in [9.17, 15) is 13.5 Å². The van der Waals surface area contributed by atoms with Crippen LogP contribution in [0, 0.1) is 13.8 Å². The van der Waals surface area contributed by atoms with Gasteiger partial charge in [0.25, 0.3) is 0 Å². The van der Waals surface area contributed by atoms with Crippen LogP contribution in [0.3, 0.4) is 0 Å². The van der Waals surface area contributed by atoms with Crippen LogP contribution in [-0.4, -0.2) is 25.2 Å². The Kier molecular flexibility index (Phi) is 3.74. The highest BCUT2D eigenvalue weighted by atomic mass is 32.2. The van der Waals surface area contributed by atoms with E-state index < -0.39 is 16.1 Å². The van der Waals surface area contributed by atoms with E-state index in [-0.39, 0.29) is 22.9 Å². The van der Waals surface area contributed by atoms with Crippen LogP contribution in [0.15, 0.2) is 32.4 Å². The third kappa shape index (κ3) is 2.86. The van der Waals surface area contributed by atoms with Crippen molar-refractivity contribution in [2.24, 2.45) is 0 Å². The molecule has 0 amide bonds. The first-order chi connectivity index (χ1) is 8.92. The number of aliphatic hydroxyl groups is 1. The van der Waals surface area contributed by atoms with Crippen molar-refractivity contribution in [1.82, 2.24) is 9.88 Å². The van der Waals surface area contributed by atoms with E-state index in [2.05, 4.69) is 9.88 Å². The highest BCUT2D eigenvalue weighted by Crippen LogP contribution is 2.19. The second-order valence-electron chi connectivity index (χ2n) is 4.08. The van der Waals surface area contributed by atoms with Gasteiger partial charge in [0.05, 0.1) is 18.6 Å². The highest BCUT2D eigenvalue weighted by Gasteiger charge is 2.25. The van der Waals surface area contributed by atoms with Crippen molar-refractivity contribution in [3.05, 3.63) is 35.6 Å². The lowest BCUT2D eigenvalue weighted by atomic mass is 10.2. The second kappa shape index (κ2) is 5.16. The first-order valence-corrected chi connectivity index (χ1v) is 7.03. The predicted molar refractivity (Wildman–Crippen MR) is 64.8 cm³/mol. The Morgan fingerprint density at radius 3 is 2.74 bits per heavy atom. The van der Waals surface area contributed by atoms with Crippen LogP contribution in [0.1, 0.15) is 23.1 Å². The molecule has 0 radical (unpaired) electrons. The molecular formula is C11H14N2O5S. The number of aliphatic hydroxyl groups excluding tert-OH is 1. The SMILES string of the molecule is Cc1noc(C)c1S(=O)(=O)NC[C@@H](O)c1ccoc1. The van der Waals surface area contributed by atoms with Crippen LogP contribution in [0.4, 0.5) is 0 Å². The molecule has 2 rings (SSSR count). The average Bonchev–Trinajstić information content (AvgIpc) is 2.96. The molecule has 1 atom stereocenters. The summed E-state index contributed by atoms with van der Waals surface area (Å²) in [6.07, 6.45) is 1.78. The molecule has 2 aromatic rings. The van der Waals surface area contributed by atoms with Gasteiger partial charge in [-0.1, -0.05) is 5.16 Å². The van der Waals surface area contributed by atoms with Crippen LogP contribution < -0.4 is 4.72 Å². The van der Waals surface area contributed by atoms with E-state index in [1.54, 1.807) is 6.07 Å². The van der Waals surface area contributed by atoms with Crippen molar-refractivity contribution < 1.29 is 22.5 Å². The molecule has 0 unspecified atom stereocenters. The van der Waals surface area contributed by atoms with Crippen molar-refractivity contribution in [3.63, 3.8) is 0 Å². The Hall–Kier alpha value is -1.64. The van der Waals surface area contributed by atoms with E-state index in [1.165, 1.54) is 26.4 Å². The molecule has 2 heterocycles. The molecule has 0 aliphatic rings. The van der Waals surface area contributed by atoms with Gasteiger partial charge in [0, 0.05) is 12.1 Å². The molecule has 0 saturated heterocycles. The second-order valence-corrected chi connectivity index (χ2v) is 5.78. The molecule has 2 N–H and O–H groups in total. The molecule has 8 heteroatoms. The van der Waals surface area contributed by atoms with Gasteiger partial charge in [0.15, 0.2) is 5.76 Å². The zero-order chi connectivity index (χ0) is 14.0. The van der Waals surface area contributed by atoms with Gasteiger partial charge in [-0.15, -0.1) is 0 Å². The molecule has 0 aliphatic carbocycles. The van der Waals surface area contributed by atoms with Crippen LogP contribution in [0.2, 0.25) is 0 Å². The van der Waals surface area contributed by atoms with Gasteiger partial charge in [0.1, 0.15) is 10.6 Å². The van der Waals surface area contributed by atoms with Crippen LogP contribution in [0.5, 0.6) is 0 Å². The summed E-state index contributed by atoms with van der Waals surface area (Å²) in [5, 5.41) is 13.4. The summed E-state index contributed by atoms with van der Waals surface area (Å²) in [4.78, 5) is 0.00638. The molecular weight excluding hydrogens is 272 g/mol. The lowest BCUT2D eigenvalue weighted by Crippen LogP contribution is -2.29. The number of sulfonamides is 1. The van der Waals surface area contributed by atoms with Gasteiger partial charge < -0.3 is 14.0 Å². The van der Waals surface area contributed by atoms with E-state index in [4.69, 9.17) is 8.94 Å². The Bertz CT molecular complexity index is 625. The number of hydrogen-bond donors (Lipinski definition) is 2. The standard InChI is InChI=1S/C11H14N2O5S/c1-7-11(8(2)18-13-7)19(15,16)12-5-10(14)9-3-4-17-6-9/h3-4,6,10,12,14H,5H2,1-2H3/t10-/m1/s1. The van der Waals surface area contributed by atoms with Gasteiger partial charge in [-0.25, -0.2) is 13.1 Å². The van der Waals surface area contributed by atoms with E-state index >= 15 is 0 Å². The minimum atomic E-state index is -3.76. The van der Waals surface area contributed by atoms with Crippen molar-refractivity contribution >= 4 is 10.0 Å². The summed E-state index contributed by atoms with van der Waals surface area (Å²) >= 11 is 0. The van der Waals surface area contributed by atoms with Crippen molar-refractivity contribution in [2.45, 2.75) is 24.8 Å². The summed E-state index contributed by atoms with van der Waals surface area (Å²) < 4.78 is 36.1. The molecule has 2 aromatic heterocycles. The number of nitrogens with zero attached hydrogens (tertiary/aromatic N) is 1. The molecule has 0 aliphatic heterocycles. The predicted octanol–water partition coefficient (Wildman–Crippen LogP) is 0.896. The lowest BCUT2D eigenvalue weighted by Gasteiger charge is -2.10. The zero-order valence-electron chi connectivity index (χ0n) is 10.5. The quantitative estimate of drug-likeness (QED) is 0.845. The fraction of sp³-hybridized carbons (Fsp3) is 0.364. The lowest BCUT2D eigenvalue weighted by molar-refractivity contribution is 0.181. The van der Waals surface area contributed by atoms with Crippen LogP contribution in [-0.2, 0) is 10.0 Å². The Morgan fingerprint density at radius 2 is 2.21 bits per heavy atom. The third-order valence-electron chi connectivity index (χ3n) is 2.63. The average molecular weight is 286 g/mol. The number of aromatic nitrogens is 1. The summed E-state index contributed by atoms with van der Waals surface area (Å²) in [6, 6.07) is 1.56.